The van der Waals surface area contributed by atoms with Crippen LogP contribution in [0.2, 0.25) is 0 Å². The fraction of sp³-hybridized carbons (Fsp3) is 0.667. The fourth-order valence-corrected chi connectivity index (χ4v) is 3.12. The van der Waals surface area contributed by atoms with Gasteiger partial charge in [0.15, 0.2) is 5.96 Å². The largest absolute Gasteiger partial charge is 0.416 e. The number of hydrogen-bond acceptors (Lipinski definition) is 5. The predicted octanol–water partition coefficient (Wildman–Crippen LogP) is 3.27. The van der Waals surface area contributed by atoms with Gasteiger partial charge in [-0.2, -0.15) is 13.2 Å². The van der Waals surface area contributed by atoms with Crippen LogP contribution in [0.15, 0.2) is 23.2 Å². The van der Waals surface area contributed by atoms with Gasteiger partial charge in [0.1, 0.15) is 0 Å². The van der Waals surface area contributed by atoms with Crippen LogP contribution in [0.4, 0.5) is 18.9 Å². The van der Waals surface area contributed by atoms with Crippen molar-refractivity contribution in [2.45, 2.75) is 26.1 Å². The maximum Gasteiger partial charge on any atom is 0.416 e. The van der Waals surface area contributed by atoms with E-state index in [1.807, 2.05) is 11.8 Å². The summed E-state index contributed by atoms with van der Waals surface area (Å²) in [6.07, 6.45) is -3.70. The van der Waals surface area contributed by atoms with E-state index in [0.29, 0.717) is 70.9 Å². The Balaban J connectivity index is 0.00000512. The van der Waals surface area contributed by atoms with Crippen molar-refractivity contribution in [2.75, 3.05) is 71.2 Å². The molecule has 1 aromatic rings. The zero-order valence-corrected chi connectivity index (χ0v) is 21.0. The molecule has 1 aliphatic rings. The minimum atomic E-state index is -4.45. The van der Waals surface area contributed by atoms with Crippen molar-refractivity contribution in [3.05, 3.63) is 29.3 Å². The third-order valence-electron chi connectivity index (χ3n) is 4.72. The van der Waals surface area contributed by atoms with E-state index in [4.69, 9.17) is 14.2 Å². The molecule has 0 aromatic heterocycles. The average Bonchev–Trinajstić information content (AvgIpc) is 2.76. The molecule has 7 nitrogen and oxygen atoms in total. The van der Waals surface area contributed by atoms with Gasteiger partial charge in [0.2, 0.25) is 0 Å². The van der Waals surface area contributed by atoms with Crippen molar-refractivity contribution >= 4 is 35.6 Å². The number of halogens is 4. The Morgan fingerprint density at radius 2 is 1.91 bits per heavy atom. The first kappa shape index (κ1) is 28.7. The van der Waals surface area contributed by atoms with Crippen molar-refractivity contribution in [1.29, 1.82) is 0 Å². The third kappa shape index (κ3) is 10.1. The Kier molecular flexibility index (Phi) is 13.9. The van der Waals surface area contributed by atoms with Crippen LogP contribution >= 0.6 is 24.0 Å². The number of hydrogen-bond donors (Lipinski definition) is 2. The molecule has 1 aromatic carbocycles. The van der Waals surface area contributed by atoms with Crippen LogP contribution in [0, 0.1) is 0 Å². The van der Waals surface area contributed by atoms with E-state index in [1.165, 1.54) is 12.1 Å². The number of rotatable bonds is 11. The van der Waals surface area contributed by atoms with Crippen LogP contribution in [0.25, 0.3) is 0 Å². The summed E-state index contributed by atoms with van der Waals surface area (Å²) < 4.78 is 56.7. The Hall–Kier alpha value is -1.31. The second-order valence-corrected chi connectivity index (χ2v) is 7.02. The van der Waals surface area contributed by atoms with Gasteiger partial charge in [0.25, 0.3) is 0 Å². The summed E-state index contributed by atoms with van der Waals surface area (Å²) in [5.41, 5.74) is 0.0501. The van der Waals surface area contributed by atoms with Gasteiger partial charge in [-0.15, -0.1) is 24.0 Å². The lowest BCUT2D eigenvalue weighted by Crippen LogP contribution is -2.38. The molecule has 1 fully saturated rings. The van der Waals surface area contributed by atoms with Crippen LogP contribution < -0.4 is 15.5 Å². The number of anilines is 1. The number of guanidine groups is 1. The molecule has 1 aliphatic heterocycles. The summed E-state index contributed by atoms with van der Waals surface area (Å²) >= 11 is 0. The zero-order chi connectivity index (χ0) is 22.5. The number of benzene rings is 1. The standard InChI is InChI=1S/C21H33F3N4O3.HI/c1-3-25-20(26-7-4-10-30-14-13-29-2)27-16-17-5-6-18(15-19(17)21(22,23)24)28-8-11-31-12-9-28;/h5-6,15H,3-4,7-14,16H2,1-2H3,(H2,25,26,27);1H. The van der Waals surface area contributed by atoms with Gasteiger partial charge in [0.05, 0.1) is 38.5 Å². The summed E-state index contributed by atoms with van der Waals surface area (Å²) in [6.45, 7) is 6.88. The Morgan fingerprint density at radius 1 is 1.16 bits per heavy atom. The SMILES string of the molecule is CCNC(=NCc1ccc(N2CCOCC2)cc1C(F)(F)F)NCCCOCCOC.I. The van der Waals surface area contributed by atoms with Crippen LogP contribution in [0.3, 0.4) is 0 Å². The highest BCUT2D eigenvalue weighted by molar-refractivity contribution is 14.0. The lowest BCUT2D eigenvalue weighted by Gasteiger charge is -2.29. The molecule has 1 heterocycles. The second kappa shape index (κ2) is 15.5. The van der Waals surface area contributed by atoms with Gasteiger partial charge >= 0.3 is 6.18 Å². The van der Waals surface area contributed by atoms with Crippen LogP contribution in [-0.4, -0.2) is 72.3 Å². The van der Waals surface area contributed by atoms with Gasteiger partial charge < -0.3 is 29.7 Å². The summed E-state index contributed by atoms with van der Waals surface area (Å²) in [6, 6.07) is 4.46. The van der Waals surface area contributed by atoms with Crippen molar-refractivity contribution in [1.82, 2.24) is 10.6 Å². The Labute approximate surface area is 205 Å². The fourth-order valence-electron chi connectivity index (χ4n) is 3.12. The molecule has 0 atom stereocenters. The number of aliphatic imine (C=N–C) groups is 1. The first-order chi connectivity index (χ1) is 15.0. The van der Waals surface area contributed by atoms with Crippen molar-refractivity contribution in [3.63, 3.8) is 0 Å². The van der Waals surface area contributed by atoms with E-state index in [1.54, 1.807) is 13.2 Å². The van der Waals surface area contributed by atoms with Crippen LogP contribution in [0.1, 0.15) is 24.5 Å². The molecule has 0 spiro atoms. The number of alkyl halides is 3. The van der Waals surface area contributed by atoms with Gasteiger partial charge in [-0.05, 0) is 31.0 Å². The maximum atomic E-state index is 13.7. The highest BCUT2D eigenvalue weighted by Gasteiger charge is 2.34. The molecule has 0 aliphatic carbocycles. The Morgan fingerprint density at radius 3 is 2.56 bits per heavy atom. The smallest absolute Gasteiger partial charge is 0.382 e. The predicted molar refractivity (Wildman–Crippen MR) is 130 cm³/mol. The normalized spacial score (nSPS) is 14.8. The van der Waals surface area contributed by atoms with E-state index >= 15 is 0 Å². The monoisotopic (exact) mass is 574 g/mol. The van der Waals surface area contributed by atoms with Gasteiger partial charge in [0, 0.05) is 45.6 Å². The minimum Gasteiger partial charge on any atom is -0.382 e. The number of nitrogens with one attached hydrogen (secondary N) is 2. The van der Waals surface area contributed by atoms with Gasteiger partial charge in [-0.3, -0.25) is 0 Å². The molecule has 0 radical (unpaired) electrons. The van der Waals surface area contributed by atoms with Gasteiger partial charge in [-0.25, -0.2) is 4.99 Å². The quantitative estimate of drug-likeness (QED) is 0.183. The number of methoxy groups -OCH3 is 1. The molecule has 11 heteroatoms. The van der Waals surface area contributed by atoms with E-state index in [0.717, 1.165) is 6.42 Å². The van der Waals surface area contributed by atoms with Crippen LogP contribution in [-0.2, 0) is 26.9 Å². The molecule has 0 unspecified atom stereocenters. The maximum absolute atomic E-state index is 13.7. The molecule has 1 saturated heterocycles. The molecular weight excluding hydrogens is 540 g/mol. The zero-order valence-electron chi connectivity index (χ0n) is 18.7. The lowest BCUT2D eigenvalue weighted by molar-refractivity contribution is -0.138. The highest BCUT2D eigenvalue weighted by atomic mass is 127. The molecule has 0 bridgehead atoms. The van der Waals surface area contributed by atoms with E-state index < -0.39 is 11.7 Å². The number of nitrogens with zero attached hydrogens (tertiary/aromatic N) is 2. The molecule has 184 valence electrons. The summed E-state index contributed by atoms with van der Waals surface area (Å²) in [5, 5.41) is 6.19. The lowest BCUT2D eigenvalue weighted by atomic mass is 10.1. The molecule has 2 rings (SSSR count). The van der Waals surface area contributed by atoms with E-state index in [2.05, 4.69) is 15.6 Å². The summed E-state index contributed by atoms with van der Waals surface area (Å²) in [4.78, 5) is 6.26. The van der Waals surface area contributed by atoms with Crippen molar-refractivity contribution in [3.8, 4) is 0 Å². The topological polar surface area (TPSA) is 67.4 Å². The van der Waals surface area contributed by atoms with E-state index in [9.17, 15) is 13.2 Å². The second-order valence-electron chi connectivity index (χ2n) is 7.02. The first-order valence-electron chi connectivity index (χ1n) is 10.6. The van der Waals surface area contributed by atoms with E-state index in [-0.39, 0.29) is 36.1 Å². The molecule has 0 saturated carbocycles. The first-order valence-corrected chi connectivity index (χ1v) is 10.6. The number of ether oxygens (including phenoxy) is 3. The van der Waals surface area contributed by atoms with Crippen molar-refractivity contribution in [2.24, 2.45) is 4.99 Å². The average molecular weight is 574 g/mol. The molecular formula is C21H34F3IN4O3. The summed E-state index contributed by atoms with van der Waals surface area (Å²) in [7, 11) is 1.62. The van der Waals surface area contributed by atoms with Crippen LogP contribution in [0.5, 0.6) is 0 Å². The molecule has 0 amide bonds. The third-order valence-corrected chi connectivity index (χ3v) is 4.72. The minimum absolute atomic E-state index is 0. The highest BCUT2D eigenvalue weighted by Crippen LogP contribution is 2.35. The molecule has 32 heavy (non-hydrogen) atoms. The summed E-state index contributed by atoms with van der Waals surface area (Å²) in [5.74, 6) is 0.477. The van der Waals surface area contributed by atoms with Gasteiger partial charge in [-0.1, -0.05) is 6.07 Å². The number of morpholine rings is 1. The Bertz CT molecular complexity index is 687. The molecule has 2 N–H and O–H groups in total. The van der Waals surface area contributed by atoms with Crippen molar-refractivity contribution < 1.29 is 27.4 Å².